The lowest BCUT2D eigenvalue weighted by Crippen LogP contribution is -2.55. The predicted molar refractivity (Wildman–Crippen MR) is 82.0 cm³/mol. The van der Waals surface area contributed by atoms with Gasteiger partial charge in [0.05, 0.1) is 0 Å². The molecule has 0 saturated carbocycles. The molecule has 5 N–H and O–H groups in total. The number of rotatable bonds is 4. The summed E-state index contributed by atoms with van der Waals surface area (Å²) in [6.07, 6.45) is 3.70. The van der Waals surface area contributed by atoms with Gasteiger partial charge in [0, 0.05) is 24.8 Å². The van der Waals surface area contributed by atoms with Crippen molar-refractivity contribution in [2.75, 3.05) is 39.5 Å². The van der Waals surface area contributed by atoms with Crippen molar-refractivity contribution in [1.82, 2.24) is 20.2 Å². The van der Waals surface area contributed by atoms with E-state index in [1.165, 1.54) is 6.42 Å². The highest BCUT2D eigenvalue weighted by Gasteiger charge is 2.28. The van der Waals surface area contributed by atoms with Crippen LogP contribution in [0, 0.1) is 0 Å². The minimum atomic E-state index is 0.159. The monoisotopic (exact) mass is 278 g/mol. The van der Waals surface area contributed by atoms with Gasteiger partial charge >= 0.3 is 0 Å². The summed E-state index contributed by atoms with van der Waals surface area (Å²) in [7, 11) is 4.33. The smallest absolute Gasteiger partial charge is 0.126 e. The summed E-state index contributed by atoms with van der Waals surface area (Å²) in [4.78, 5) is 8.90. The maximum absolute atomic E-state index is 5.94. The van der Waals surface area contributed by atoms with Crippen LogP contribution < -0.4 is 17.0 Å². The molecule has 0 aromatic carbocycles. The van der Waals surface area contributed by atoms with E-state index in [9.17, 15) is 0 Å². The first-order chi connectivity index (χ1) is 9.61. The van der Waals surface area contributed by atoms with Crippen LogP contribution in [0.15, 0.2) is 18.3 Å². The molecule has 1 aromatic rings. The number of anilines is 1. The third kappa shape index (κ3) is 3.67. The predicted octanol–water partition coefficient (Wildman–Crippen LogP) is -0.326. The van der Waals surface area contributed by atoms with Crippen molar-refractivity contribution < 1.29 is 0 Å². The van der Waals surface area contributed by atoms with Crippen molar-refractivity contribution in [2.24, 2.45) is 5.84 Å². The van der Waals surface area contributed by atoms with Gasteiger partial charge in [-0.3, -0.25) is 11.3 Å². The van der Waals surface area contributed by atoms with E-state index in [0.717, 1.165) is 31.6 Å². The van der Waals surface area contributed by atoms with Crippen LogP contribution in [0.5, 0.6) is 0 Å². The van der Waals surface area contributed by atoms with Gasteiger partial charge in [0.25, 0.3) is 0 Å². The SMILES string of the molecule is CN1CCCN(C)C(C(Cc2cccnc2N)NN)C1. The zero-order valence-corrected chi connectivity index (χ0v) is 12.4. The first kappa shape index (κ1) is 15.2. The van der Waals surface area contributed by atoms with Crippen molar-refractivity contribution in [3.63, 3.8) is 0 Å². The van der Waals surface area contributed by atoms with Crippen LogP contribution in [-0.4, -0.2) is 60.6 Å². The zero-order chi connectivity index (χ0) is 14.5. The summed E-state index contributed by atoms with van der Waals surface area (Å²) in [5, 5.41) is 0. The van der Waals surface area contributed by atoms with Gasteiger partial charge in [-0.05, 0) is 51.7 Å². The summed E-state index contributed by atoms with van der Waals surface area (Å²) in [6.45, 7) is 3.23. The molecule has 0 amide bonds. The van der Waals surface area contributed by atoms with E-state index >= 15 is 0 Å². The van der Waals surface area contributed by atoms with Crippen LogP contribution in [0.25, 0.3) is 0 Å². The number of likely N-dealkylation sites (N-methyl/N-ethyl adjacent to an activating group) is 2. The lowest BCUT2D eigenvalue weighted by Gasteiger charge is -2.34. The van der Waals surface area contributed by atoms with Gasteiger partial charge in [0.15, 0.2) is 0 Å². The Labute approximate surface area is 121 Å². The molecule has 0 spiro atoms. The summed E-state index contributed by atoms with van der Waals surface area (Å²) < 4.78 is 0. The topological polar surface area (TPSA) is 83.4 Å². The summed E-state index contributed by atoms with van der Waals surface area (Å²) in [5.74, 6) is 6.40. The zero-order valence-electron chi connectivity index (χ0n) is 12.4. The van der Waals surface area contributed by atoms with Crippen LogP contribution in [0.3, 0.4) is 0 Å². The lowest BCUT2D eigenvalue weighted by molar-refractivity contribution is 0.177. The van der Waals surface area contributed by atoms with Crippen LogP contribution in [-0.2, 0) is 6.42 Å². The fourth-order valence-corrected chi connectivity index (χ4v) is 2.91. The highest BCUT2D eigenvalue weighted by Crippen LogP contribution is 2.16. The van der Waals surface area contributed by atoms with Crippen molar-refractivity contribution >= 4 is 5.82 Å². The van der Waals surface area contributed by atoms with Crippen LogP contribution in [0.4, 0.5) is 5.82 Å². The van der Waals surface area contributed by atoms with Crippen molar-refractivity contribution in [3.05, 3.63) is 23.9 Å². The maximum atomic E-state index is 5.94. The fourth-order valence-electron chi connectivity index (χ4n) is 2.91. The molecule has 6 heteroatoms. The number of nitrogens with two attached hydrogens (primary N) is 2. The molecular formula is C14H26N6. The Morgan fingerprint density at radius 1 is 1.45 bits per heavy atom. The average molecular weight is 278 g/mol. The molecule has 2 heterocycles. The van der Waals surface area contributed by atoms with Gasteiger partial charge in [0.2, 0.25) is 0 Å². The number of nitrogens with zero attached hydrogens (tertiary/aromatic N) is 3. The number of nitrogen functional groups attached to an aromatic ring is 1. The number of nitrogens with one attached hydrogen (secondary N) is 1. The Hall–Kier alpha value is -1.21. The fraction of sp³-hybridized carbons (Fsp3) is 0.643. The number of hydrazine groups is 1. The van der Waals surface area contributed by atoms with E-state index in [1.54, 1.807) is 6.20 Å². The second-order valence-corrected chi connectivity index (χ2v) is 5.69. The molecule has 1 aliphatic heterocycles. The minimum Gasteiger partial charge on any atom is -0.383 e. The van der Waals surface area contributed by atoms with E-state index in [1.807, 2.05) is 12.1 Å². The Kier molecular flexibility index (Phi) is 5.31. The van der Waals surface area contributed by atoms with E-state index in [0.29, 0.717) is 11.9 Å². The second-order valence-electron chi connectivity index (χ2n) is 5.69. The van der Waals surface area contributed by atoms with Gasteiger partial charge in [-0.15, -0.1) is 0 Å². The molecule has 2 unspecified atom stereocenters. The molecule has 0 bridgehead atoms. The second kappa shape index (κ2) is 6.99. The molecular weight excluding hydrogens is 252 g/mol. The normalized spacial score (nSPS) is 23.4. The highest BCUT2D eigenvalue weighted by molar-refractivity contribution is 5.39. The van der Waals surface area contributed by atoms with Gasteiger partial charge in [-0.2, -0.15) is 0 Å². The van der Waals surface area contributed by atoms with E-state index in [2.05, 4.69) is 34.3 Å². The largest absolute Gasteiger partial charge is 0.383 e. The standard InChI is InChI=1S/C14H26N6/c1-19-7-4-8-20(2)13(10-19)12(18-16)9-11-5-3-6-17-14(11)15/h3,5-6,12-13,18H,4,7-10,16H2,1-2H3,(H2,15,17). The quantitative estimate of drug-likeness (QED) is 0.517. The van der Waals surface area contributed by atoms with E-state index in [-0.39, 0.29) is 6.04 Å². The molecule has 1 fully saturated rings. The van der Waals surface area contributed by atoms with Crippen LogP contribution >= 0.6 is 0 Å². The Morgan fingerprint density at radius 2 is 2.25 bits per heavy atom. The number of hydrogen-bond donors (Lipinski definition) is 3. The maximum Gasteiger partial charge on any atom is 0.126 e. The summed E-state index contributed by atoms with van der Waals surface area (Å²) in [6, 6.07) is 4.47. The molecule has 6 nitrogen and oxygen atoms in total. The Morgan fingerprint density at radius 3 is 2.95 bits per heavy atom. The van der Waals surface area contributed by atoms with E-state index in [4.69, 9.17) is 11.6 Å². The first-order valence-electron chi connectivity index (χ1n) is 7.16. The molecule has 2 atom stereocenters. The molecule has 1 aliphatic rings. The summed E-state index contributed by atoms with van der Waals surface area (Å²) in [5.41, 5.74) is 9.97. The van der Waals surface area contributed by atoms with Gasteiger partial charge in [-0.1, -0.05) is 6.07 Å². The lowest BCUT2D eigenvalue weighted by atomic mass is 9.99. The van der Waals surface area contributed by atoms with Gasteiger partial charge < -0.3 is 15.5 Å². The third-order valence-corrected chi connectivity index (χ3v) is 4.16. The van der Waals surface area contributed by atoms with Crippen molar-refractivity contribution in [2.45, 2.75) is 24.9 Å². The Bertz CT molecular complexity index is 424. The molecule has 112 valence electrons. The highest BCUT2D eigenvalue weighted by atomic mass is 15.3. The van der Waals surface area contributed by atoms with Crippen molar-refractivity contribution in [1.29, 1.82) is 0 Å². The van der Waals surface area contributed by atoms with Gasteiger partial charge in [-0.25, -0.2) is 4.98 Å². The number of aromatic nitrogens is 1. The average Bonchev–Trinajstić information content (AvgIpc) is 2.60. The molecule has 0 aliphatic carbocycles. The van der Waals surface area contributed by atoms with E-state index < -0.39 is 0 Å². The number of pyridine rings is 1. The number of hydrogen-bond acceptors (Lipinski definition) is 6. The summed E-state index contributed by atoms with van der Waals surface area (Å²) >= 11 is 0. The first-order valence-corrected chi connectivity index (χ1v) is 7.16. The molecule has 20 heavy (non-hydrogen) atoms. The minimum absolute atomic E-state index is 0.159. The molecule has 1 saturated heterocycles. The molecule has 0 radical (unpaired) electrons. The van der Waals surface area contributed by atoms with Crippen LogP contribution in [0.2, 0.25) is 0 Å². The van der Waals surface area contributed by atoms with Gasteiger partial charge in [0.1, 0.15) is 5.82 Å². The van der Waals surface area contributed by atoms with Crippen molar-refractivity contribution in [3.8, 4) is 0 Å². The van der Waals surface area contributed by atoms with Crippen LogP contribution in [0.1, 0.15) is 12.0 Å². The molecule has 1 aromatic heterocycles. The molecule has 2 rings (SSSR count). The third-order valence-electron chi connectivity index (χ3n) is 4.16. The Balaban J connectivity index is 2.12.